The second kappa shape index (κ2) is 4.18. The first-order valence-electron chi connectivity index (χ1n) is 4.92. The second-order valence-corrected chi connectivity index (χ2v) is 3.45. The van der Waals surface area contributed by atoms with E-state index in [1.54, 1.807) is 7.11 Å². The molecule has 0 amide bonds. The van der Waals surface area contributed by atoms with Crippen molar-refractivity contribution in [3.63, 3.8) is 0 Å². The first-order chi connectivity index (χ1) is 7.70. The number of H-pyrrole nitrogens is 1. The predicted molar refractivity (Wildman–Crippen MR) is 61.6 cm³/mol. The molecule has 82 valence electrons. The fourth-order valence-electron chi connectivity index (χ4n) is 1.57. The fraction of sp³-hybridized carbons (Fsp3) is 0.167. The van der Waals surface area contributed by atoms with E-state index < -0.39 is 0 Å². The molecule has 0 saturated heterocycles. The number of rotatable bonds is 2. The molecule has 1 N–H and O–H groups in total. The van der Waals surface area contributed by atoms with Crippen molar-refractivity contribution in [1.82, 2.24) is 9.97 Å². The molecule has 0 spiro atoms. The Balaban J connectivity index is 2.62. The molecular formula is C12H12N2O2. The van der Waals surface area contributed by atoms with Crippen molar-refractivity contribution < 1.29 is 4.74 Å². The minimum Gasteiger partial charge on any atom is -0.496 e. The maximum atomic E-state index is 11.3. The molecule has 1 aromatic carbocycles. The van der Waals surface area contributed by atoms with Crippen LogP contribution in [0.5, 0.6) is 5.75 Å². The topological polar surface area (TPSA) is 55.0 Å². The van der Waals surface area contributed by atoms with Crippen molar-refractivity contribution in [1.29, 1.82) is 0 Å². The number of hydrogen-bond acceptors (Lipinski definition) is 3. The molecule has 0 aliphatic rings. The van der Waals surface area contributed by atoms with Crippen LogP contribution in [0.1, 0.15) is 5.69 Å². The SMILES string of the molecule is COc1ccccc1-c1cc(C)[nH]c(=O)n1. The van der Waals surface area contributed by atoms with Crippen LogP contribution < -0.4 is 10.4 Å². The number of hydrogen-bond donors (Lipinski definition) is 1. The van der Waals surface area contributed by atoms with Gasteiger partial charge in [0.05, 0.1) is 12.8 Å². The van der Waals surface area contributed by atoms with Crippen LogP contribution in [0.2, 0.25) is 0 Å². The summed E-state index contributed by atoms with van der Waals surface area (Å²) >= 11 is 0. The lowest BCUT2D eigenvalue weighted by Crippen LogP contribution is -2.12. The Morgan fingerprint density at radius 3 is 2.75 bits per heavy atom. The monoisotopic (exact) mass is 216 g/mol. The van der Waals surface area contributed by atoms with Gasteiger partial charge in [-0.15, -0.1) is 0 Å². The van der Waals surface area contributed by atoms with Crippen LogP contribution >= 0.6 is 0 Å². The smallest absolute Gasteiger partial charge is 0.345 e. The fourth-order valence-corrected chi connectivity index (χ4v) is 1.57. The molecule has 0 aliphatic carbocycles. The van der Waals surface area contributed by atoms with Gasteiger partial charge in [0.25, 0.3) is 0 Å². The molecule has 0 unspecified atom stereocenters. The van der Waals surface area contributed by atoms with Gasteiger partial charge < -0.3 is 9.72 Å². The zero-order chi connectivity index (χ0) is 11.5. The Morgan fingerprint density at radius 2 is 2.06 bits per heavy atom. The maximum Gasteiger partial charge on any atom is 0.345 e. The highest BCUT2D eigenvalue weighted by Crippen LogP contribution is 2.27. The van der Waals surface area contributed by atoms with Gasteiger partial charge in [-0.1, -0.05) is 12.1 Å². The van der Waals surface area contributed by atoms with Crippen LogP contribution in [-0.4, -0.2) is 17.1 Å². The van der Waals surface area contributed by atoms with Crippen molar-refractivity contribution in [2.75, 3.05) is 7.11 Å². The summed E-state index contributed by atoms with van der Waals surface area (Å²) in [5.41, 5.74) is 1.87. The molecule has 0 atom stereocenters. The lowest BCUT2D eigenvalue weighted by atomic mass is 10.1. The Kier molecular flexibility index (Phi) is 2.72. The Labute approximate surface area is 92.9 Å². The number of benzene rings is 1. The number of nitrogens with zero attached hydrogens (tertiary/aromatic N) is 1. The number of nitrogens with one attached hydrogen (secondary N) is 1. The number of ether oxygens (including phenoxy) is 1. The van der Waals surface area contributed by atoms with E-state index >= 15 is 0 Å². The highest BCUT2D eigenvalue weighted by Gasteiger charge is 2.07. The Hall–Kier alpha value is -2.10. The van der Waals surface area contributed by atoms with E-state index in [9.17, 15) is 4.79 Å². The summed E-state index contributed by atoms with van der Waals surface area (Å²) in [5.74, 6) is 0.708. The maximum absolute atomic E-state index is 11.3. The van der Waals surface area contributed by atoms with Crippen LogP contribution in [0.4, 0.5) is 0 Å². The van der Waals surface area contributed by atoms with E-state index in [1.165, 1.54) is 0 Å². The van der Waals surface area contributed by atoms with Crippen molar-refractivity contribution in [2.24, 2.45) is 0 Å². The van der Waals surface area contributed by atoms with Crippen molar-refractivity contribution in [2.45, 2.75) is 6.92 Å². The van der Waals surface area contributed by atoms with Crippen molar-refractivity contribution >= 4 is 0 Å². The second-order valence-electron chi connectivity index (χ2n) is 3.45. The molecule has 2 aromatic rings. The lowest BCUT2D eigenvalue weighted by Gasteiger charge is -2.07. The largest absolute Gasteiger partial charge is 0.496 e. The minimum absolute atomic E-state index is 0.346. The van der Waals surface area contributed by atoms with Gasteiger partial charge in [-0.3, -0.25) is 0 Å². The zero-order valence-corrected chi connectivity index (χ0v) is 9.15. The van der Waals surface area contributed by atoms with Gasteiger partial charge in [-0.05, 0) is 25.1 Å². The standard InChI is InChI=1S/C12H12N2O2/c1-8-7-10(14-12(15)13-8)9-5-3-4-6-11(9)16-2/h3-7H,1-2H3,(H,13,14,15). The summed E-state index contributed by atoms with van der Waals surface area (Å²) in [5, 5.41) is 0. The summed E-state index contributed by atoms with van der Waals surface area (Å²) < 4.78 is 5.23. The number of aromatic amines is 1. The molecule has 0 radical (unpaired) electrons. The Morgan fingerprint density at radius 1 is 1.31 bits per heavy atom. The third-order valence-electron chi connectivity index (χ3n) is 2.26. The lowest BCUT2D eigenvalue weighted by molar-refractivity contribution is 0.416. The van der Waals surface area contributed by atoms with Gasteiger partial charge in [-0.25, -0.2) is 4.79 Å². The van der Waals surface area contributed by atoms with E-state index in [0.29, 0.717) is 11.4 Å². The summed E-state index contributed by atoms with van der Waals surface area (Å²) in [7, 11) is 1.60. The zero-order valence-electron chi connectivity index (χ0n) is 9.15. The summed E-state index contributed by atoms with van der Waals surface area (Å²) in [4.78, 5) is 17.8. The van der Waals surface area contributed by atoms with E-state index in [2.05, 4.69) is 9.97 Å². The number of methoxy groups -OCH3 is 1. The quantitative estimate of drug-likeness (QED) is 0.832. The van der Waals surface area contributed by atoms with E-state index in [-0.39, 0.29) is 5.69 Å². The molecule has 4 nitrogen and oxygen atoms in total. The first-order valence-corrected chi connectivity index (χ1v) is 4.92. The number of aromatic nitrogens is 2. The molecule has 0 saturated carbocycles. The van der Waals surface area contributed by atoms with Crippen LogP contribution in [0, 0.1) is 6.92 Å². The number of para-hydroxylation sites is 1. The van der Waals surface area contributed by atoms with Gasteiger partial charge >= 0.3 is 5.69 Å². The van der Waals surface area contributed by atoms with Gasteiger partial charge in [-0.2, -0.15) is 4.98 Å². The average molecular weight is 216 g/mol. The average Bonchev–Trinajstić information content (AvgIpc) is 2.27. The minimum atomic E-state index is -0.346. The van der Waals surface area contributed by atoms with Crippen LogP contribution in [0.25, 0.3) is 11.3 Å². The molecule has 16 heavy (non-hydrogen) atoms. The van der Waals surface area contributed by atoms with Crippen molar-refractivity contribution in [3.05, 3.63) is 46.5 Å². The third-order valence-corrected chi connectivity index (χ3v) is 2.26. The van der Waals surface area contributed by atoms with E-state index in [0.717, 1.165) is 11.3 Å². The van der Waals surface area contributed by atoms with Crippen LogP contribution in [0.3, 0.4) is 0 Å². The number of aryl methyl sites for hydroxylation is 1. The predicted octanol–water partition coefficient (Wildman–Crippen LogP) is 1.75. The van der Waals surface area contributed by atoms with E-state index in [4.69, 9.17) is 4.74 Å². The molecule has 4 heteroatoms. The summed E-state index contributed by atoms with van der Waals surface area (Å²) in [6, 6.07) is 9.30. The normalized spacial score (nSPS) is 10.1. The molecule has 0 fully saturated rings. The Bertz CT molecular complexity index is 561. The molecule has 0 aliphatic heterocycles. The van der Waals surface area contributed by atoms with Gasteiger partial charge in [0.2, 0.25) is 0 Å². The first kappa shape index (κ1) is 10.4. The highest BCUT2D eigenvalue weighted by atomic mass is 16.5. The van der Waals surface area contributed by atoms with Gasteiger partial charge in [0.15, 0.2) is 0 Å². The van der Waals surface area contributed by atoms with E-state index in [1.807, 2.05) is 37.3 Å². The third kappa shape index (κ3) is 1.95. The molecule has 0 bridgehead atoms. The van der Waals surface area contributed by atoms with Crippen molar-refractivity contribution in [3.8, 4) is 17.0 Å². The van der Waals surface area contributed by atoms with Gasteiger partial charge in [0.1, 0.15) is 5.75 Å². The molecule has 1 heterocycles. The summed E-state index contributed by atoms with van der Waals surface area (Å²) in [6.45, 7) is 1.82. The van der Waals surface area contributed by atoms with Crippen LogP contribution in [-0.2, 0) is 0 Å². The molecule has 1 aromatic heterocycles. The molecule has 2 rings (SSSR count). The highest BCUT2D eigenvalue weighted by molar-refractivity contribution is 5.66. The van der Waals surface area contributed by atoms with Gasteiger partial charge in [0, 0.05) is 11.3 Å². The molecular weight excluding hydrogens is 204 g/mol. The van der Waals surface area contributed by atoms with Crippen LogP contribution in [0.15, 0.2) is 35.1 Å². The summed E-state index contributed by atoms with van der Waals surface area (Å²) in [6.07, 6.45) is 0.